The summed E-state index contributed by atoms with van der Waals surface area (Å²) in [7, 11) is 1.53. The Morgan fingerprint density at radius 2 is 1.91 bits per heavy atom. The lowest BCUT2D eigenvalue weighted by Crippen LogP contribution is -2.43. The van der Waals surface area contributed by atoms with Crippen molar-refractivity contribution in [2.24, 2.45) is 7.05 Å². The number of alkyl halides is 3. The summed E-state index contributed by atoms with van der Waals surface area (Å²) < 4.78 is 54.5. The minimum absolute atomic E-state index is 0.0151. The summed E-state index contributed by atoms with van der Waals surface area (Å²) in [4.78, 5) is 27.1. The number of nitrogens with one attached hydrogen (secondary N) is 1. The third-order valence-electron chi connectivity index (χ3n) is 4.90. The Balaban J connectivity index is 1.65. The molecule has 1 aromatic heterocycles. The number of ether oxygens (including phenoxy) is 3. The minimum Gasteiger partial charge on any atom is -0.491 e. The zero-order valence-corrected chi connectivity index (χ0v) is 18.1. The van der Waals surface area contributed by atoms with Crippen molar-refractivity contribution in [1.29, 1.82) is 0 Å². The third kappa shape index (κ3) is 5.60. The molecule has 0 saturated carbocycles. The first-order valence-corrected chi connectivity index (χ1v) is 10.2. The fraction of sp³-hybridized carbons (Fsp3) is 0.500. The van der Waals surface area contributed by atoms with Crippen molar-refractivity contribution >= 4 is 11.5 Å². The quantitative estimate of drug-likeness (QED) is 0.499. The van der Waals surface area contributed by atoms with Gasteiger partial charge in [0.15, 0.2) is 0 Å². The number of hydrogen-bond acceptors (Lipinski definition) is 8. The maximum atomic E-state index is 12.9. The number of aliphatic hydroxyl groups excluding tert-OH is 1. The second-order valence-electron chi connectivity index (χ2n) is 7.10. The molecule has 0 spiro atoms. The number of aromatic nitrogens is 2. The summed E-state index contributed by atoms with van der Waals surface area (Å²) in [5, 5.41) is 12.0. The Hall–Kier alpha value is -3.19. The highest BCUT2D eigenvalue weighted by Crippen LogP contribution is 2.30. The first-order valence-electron chi connectivity index (χ1n) is 10.2. The smallest absolute Gasteiger partial charge is 0.491 e. The lowest BCUT2D eigenvalue weighted by molar-refractivity contribution is -0.274. The number of benzene rings is 1. The number of hydrogen-bond donors (Lipinski definition) is 2. The van der Waals surface area contributed by atoms with Crippen LogP contribution >= 0.6 is 0 Å². The summed E-state index contributed by atoms with van der Waals surface area (Å²) in [6, 6.07) is 5.12. The highest BCUT2D eigenvalue weighted by Gasteiger charge is 2.34. The number of anilines is 2. The van der Waals surface area contributed by atoms with Gasteiger partial charge in [0.05, 0.1) is 6.61 Å². The molecule has 10 nitrogen and oxygen atoms in total. The van der Waals surface area contributed by atoms with E-state index >= 15 is 0 Å². The predicted octanol–water partition coefficient (Wildman–Crippen LogP) is 1.46. The molecule has 1 atom stereocenters. The molecule has 3 rings (SSSR count). The van der Waals surface area contributed by atoms with E-state index in [-0.39, 0.29) is 44.2 Å². The predicted molar refractivity (Wildman–Crippen MR) is 113 cm³/mol. The average molecular weight is 474 g/mol. The lowest BCUT2D eigenvalue weighted by Gasteiger charge is -2.24. The minimum atomic E-state index is -4.80. The molecule has 182 valence electrons. The van der Waals surface area contributed by atoms with Crippen LogP contribution < -0.4 is 30.9 Å². The Bertz CT molecular complexity index is 1080. The van der Waals surface area contributed by atoms with E-state index in [1.807, 2.05) is 6.92 Å². The molecule has 0 saturated heterocycles. The van der Waals surface area contributed by atoms with Gasteiger partial charge in [0.25, 0.3) is 5.56 Å². The second kappa shape index (κ2) is 10.2. The van der Waals surface area contributed by atoms with Gasteiger partial charge in [-0.25, -0.2) is 4.79 Å². The normalized spacial score (nSPS) is 15.3. The zero-order valence-electron chi connectivity index (χ0n) is 18.1. The Morgan fingerprint density at radius 1 is 1.18 bits per heavy atom. The van der Waals surface area contributed by atoms with E-state index in [0.29, 0.717) is 12.4 Å². The van der Waals surface area contributed by atoms with Crippen LogP contribution in [0.25, 0.3) is 0 Å². The molecular weight excluding hydrogens is 449 g/mol. The topological polar surface area (TPSA) is 107 Å². The summed E-state index contributed by atoms with van der Waals surface area (Å²) in [6.45, 7) is 2.21. The Kier molecular flexibility index (Phi) is 7.53. The van der Waals surface area contributed by atoms with E-state index in [4.69, 9.17) is 14.6 Å². The molecule has 2 heterocycles. The SMILES string of the molecule is CCN1c2c(n(C)c(=O)n(CCCO)c2=O)NC1OCCOc1cccc(OC(F)(F)F)c1. The number of fused-ring (bicyclic) bond motifs is 1. The van der Waals surface area contributed by atoms with E-state index in [1.54, 1.807) is 4.90 Å². The first kappa shape index (κ1) is 24.5. The molecule has 1 aliphatic heterocycles. The van der Waals surface area contributed by atoms with Crippen LogP contribution in [0, 0.1) is 0 Å². The van der Waals surface area contributed by atoms with Crippen LogP contribution in [0.2, 0.25) is 0 Å². The third-order valence-corrected chi connectivity index (χ3v) is 4.90. The van der Waals surface area contributed by atoms with Gasteiger partial charge in [-0.15, -0.1) is 13.2 Å². The molecule has 0 fully saturated rings. The van der Waals surface area contributed by atoms with Crippen molar-refractivity contribution in [2.75, 3.05) is 36.6 Å². The van der Waals surface area contributed by atoms with Crippen LogP contribution in [0.5, 0.6) is 11.5 Å². The van der Waals surface area contributed by atoms with E-state index in [0.717, 1.165) is 16.7 Å². The summed E-state index contributed by atoms with van der Waals surface area (Å²) in [5.74, 6) is 0.0870. The van der Waals surface area contributed by atoms with Gasteiger partial charge in [0.2, 0.25) is 6.35 Å². The molecule has 0 radical (unpaired) electrons. The largest absolute Gasteiger partial charge is 0.573 e. The standard InChI is InChI=1S/C20H25F3N4O6/c1-3-26-15-16(25(2)19(30)27(17(15)29)8-5-9-28)24-18(26)32-11-10-31-13-6-4-7-14(12-13)33-20(21,22)23/h4,6-7,12,18,24,28H,3,5,8-11H2,1-2H3. The van der Waals surface area contributed by atoms with Crippen LogP contribution in [-0.2, 0) is 18.3 Å². The van der Waals surface area contributed by atoms with Crippen molar-refractivity contribution in [3.8, 4) is 11.5 Å². The summed E-state index contributed by atoms with van der Waals surface area (Å²) >= 11 is 0. The Labute approximate surface area is 186 Å². The molecule has 0 amide bonds. The van der Waals surface area contributed by atoms with Crippen molar-refractivity contribution in [3.05, 3.63) is 45.1 Å². The lowest BCUT2D eigenvalue weighted by atomic mass is 10.3. The van der Waals surface area contributed by atoms with Crippen LogP contribution in [0.1, 0.15) is 13.3 Å². The first-order chi connectivity index (χ1) is 15.7. The highest BCUT2D eigenvalue weighted by atomic mass is 19.4. The van der Waals surface area contributed by atoms with Crippen LogP contribution in [0.3, 0.4) is 0 Å². The summed E-state index contributed by atoms with van der Waals surface area (Å²) in [6.07, 6.45) is -5.29. The molecule has 2 aromatic rings. The summed E-state index contributed by atoms with van der Waals surface area (Å²) in [5.41, 5.74) is -0.721. The maximum absolute atomic E-state index is 12.9. The van der Waals surface area contributed by atoms with Gasteiger partial charge in [-0.3, -0.25) is 13.9 Å². The highest BCUT2D eigenvalue weighted by molar-refractivity contribution is 5.71. The van der Waals surface area contributed by atoms with E-state index in [1.165, 1.54) is 23.7 Å². The van der Waals surface area contributed by atoms with Gasteiger partial charge in [0.1, 0.15) is 29.6 Å². The Morgan fingerprint density at radius 3 is 2.58 bits per heavy atom. The molecule has 0 aliphatic carbocycles. The van der Waals surface area contributed by atoms with Gasteiger partial charge >= 0.3 is 12.1 Å². The molecule has 33 heavy (non-hydrogen) atoms. The van der Waals surface area contributed by atoms with Gasteiger partial charge in [0, 0.05) is 32.8 Å². The maximum Gasteiger partial charge on any atom is 0.573 e. The van der Waals surface area contributed by atoms with E-state index in [9.17, 15) is 22.8 Å². The monoisotopic (exact) mass is 474 g/mol. The van der Waals surface area contributed by atoms with Crippen LogP contribution in [-0.4, -0.2) is 53.3 Å². The van der Waals surface area contributed by atoms with Crippen LogP contribution in [0.15, 0.2) is 33.9 Å². The second-order valence-corrected chi connectivity index (χ2v) is 7.10. The number of nitrogens with zero attached hydrogens (tertiary/aromatic N) is 3. The molecular formula is C20H25F3N4O6. The molecule has 2 N–H and O–H groups in total. The number of rotatable bonds is 10. The van der Waals surface area contributed by atoms with Crippen molar-refractivity contribution in [2.45, 2.75) is 32.6 Å². The van der Waals surface area contributed by atoms with Gasteiger partial charge in [-0.05, 0) is 25.5 Å². The zero-order chi connectivity index (χ0) is 24.2. The molecule has 13 heteroatoms. The van der Waals surface area contributed by atoms with E-state index < -0.39 is 29.7 Å². The molecule has 1 aliphatic rings. The van der Waals surface area contributed by atoms with Gasteiger partial charge in [-0.2, -0.15) is 0 Å². The van der Waals surface area contributed by atoms with Gasteiger partial charge < -0.3 is 29.5 Å². The van der Waals surface area contributed by atoms with Crippen molar-refractivity contribution in [3.63, 3.8) is 0 Å². The van der Waals surface area contributed by atoms with Crippen molar-refractivity contribution in [1.82, 2.24) is 9.13 Å². The molecule has 1 aromatic carbocycles. The molecule has 0 bridgehead atoms. The average Bonchev–Trinajstić information content (AvgIpc) is 3.13. The van der Waals surface area contributed by atoms with Gasteiger partial charge in [-0.1, -0.05) is 6.07 Å². The van der Waals surface area contributed by atoms with E-state index in [2.05, 4.69) is 10.1 Å². The fourth-order valence-corrected chi connectivity index (χ4v) is 3.45. The fourth-order valence-electron chi connectivity index (χ4n) is 3.45. The van der Waals surface area contributed by atoms with Crippen molar-refractivity contribution < 1.29 is 32.5 Å². The molecule has 1 unspecified atom stereocenters. The van der Waals surface area contributed by atoms with Crippen LogP contribution in [0.4, 0.5) is 24.7 Å². The number of halogens is 3. The number of aliphatic hydroxyl groups is 1.